The van der Waals surface area contributed by atoms with Gasteiger partial charge in [0, 0.05) is 11.8 Å². The minimum atomic E-state index is 0.168. The Morgan fingerprint density at radius 3 is 2.50 bits per heavy atom. The maximum absolute atomic E-state index is 6.18. The summed E-state index contributed by atoms with van der Waals surface area (Å²) in [5.74, 6) is 8.32. The average Bonchev–Trinajstić information content (AvgIpc) is 3.10. The summed E-state index contributed by atoms with van der Waals surface area (Å²) in [6.07, 6.45) is 4.88. The van der Waals surface area contributed by atoms with Gasteiger partial charge in [-0.05, 0) is 18.4 Å². The third-order valence-corrected chi connectivity index (χ3v) is 4.43. The molecule has 4 heteroatoms. The topological polar surface area (TPSA) is 69.9 Å². The highest BCUT2D eigenvalue weighted by Crippen LogP contribution is 2.36. The molecule has 106 valence electrons. The van der Waals surface area contributed by atoms with E-state index in [0.717, 1.165) is 11.5 Å². The number of nitrogens with two attached hydrogens (primary N) is 2. The Morgan fingerprint density at radius 2 is 1.85 bits per heavy atom. The second-order valence-corrected chi connectivity index (χ2v) is 5.72. The molecule has 1 aromatic heterocycles. The van der Waals surface area contributed by atoms with Crippen molar-refractivity contribution in [1.29, 1.82) is 0 Å². The van der Waals surface area contributed by atoms with Crippen molar-refractivity contribution in [3.05, 3.63) is 47.4 Å². The molecule has 0 saturated heterocycles. The van der Waals surface area contributed by atoms with Crippen LogP contribution in [0.15, 0.2) is 30.3 Å². The second-order valence-electron chi connectivity index (χ2n) is 5.72. The first-order valence-corrected chi connectivity index (χ1v) is 7.36. The Hall–Kier alpha value is -1.97. The Balaban J connectivity index is 1.96. The van der Waals surface area contributed by atoms with Crippen LogP contribution in [0.1, 0.15) is 61.5 Å². The lowest BCUT2D eigenvalue weighted by molar-refractivity contribution is 0.645. The predicted molar refractivity (Wildman–Crippen MR) is 82.0 cm³/mol. The van der Waals surface area contributed by atoms with E-state index >= 15 is 0 Å². The fraction of sp³-hybridized carbons (Fsp3) is 0.438. The van der Waals surface area contributed by atoms with E-state index in [1.54, 1.807) is 4.68 Å². The number of rotatable bonds is 3. The van der Waals surface area contributed by atoms with Crippen molar-refractivity contribution >= 4 is 5.82 Å². The van der Waals surface area contributed by atoms with E-state index in [1.165, 1.54) is 31.2 Å². The number of aromatic nitrogens is 2. The molecular formula is C16H22N4. The van der Waals surface area contributed by atoms with Crippen LogP contribution in [0.2, 0.25) is 0 Å². The molecule has 4 nitrogen and oxygen atoms in total. The molecule has 0 bridgehead atoms. The lowest BCUT2D eigenvalue weighted by atomic mass is 9.98. The monoisotopic (exact) mass is 270 g/mol. The highest BCUT2D eigenvalue weighted by Gasteiger charge is 2.26. The summed E-state index contributed by atoms with van der Waals surface area (Å²) < 4.78 is 1.60. The molecule has 1 unspecified atom stereocenters. The van der Waals surface area contributed by atoms with Crippen LogP contribution in [-0.4, -0.2) is 9.66 Å². The number of nitrogen functional groups attached to an aromatic ring is 2. The van der Waals surface area contributed by atoms with Crippen LogP contribution in [0.25, 0.3) is 0 Å². The molecular weight excluding hydrogens is 248 g/mol. The van der Waals surface area contributed by atoms with E-state index < -0.39 is 0 Å². The first-order chi connectivity index (χ1) is 9.68. The number of imidazole rings is 1. The van der Waals surface area contributed by atoms with E-state index in [4.69, 9.17) is 16.6 Å². The molecule has 4 N–H and O–H groups in total. The number of anilines is 1. The summed E-state index contributed by atoms with van der Waals surface area (Å²) in [5.41, 5.74) is 8.31. The molecule has 1 fully saturated rings. The predicted octanol–water partition coefficient (Wildman–Crippen LogP) is 2.99. The molecule has 0 radical (unpaired) electrons. The number of hydrogen-bond acceptors (Lipinski definition) is 3. The standard InChI is InChI=1S/C16H22N4/c1-11(12-7-3-2-4-8-12)14-15(17)20(18)16(19-14)13-9-5-6-10-13/h2-4,7-8,11,13H,5-6,9-10,17-18H2,1H3. The maximum atomic E-state index is 6.18. The zero-order valence-corrected chi connectivity index (χ0v) is 11.9. The highest BCUT2D eigenvalue weighted by atomic mass is 15.4. The molecule has 0 spiro atoms. The van der Waals surface area contributed by atoms with Crippen molar-refractivity contribution < 1.29 is 0 Å². The summed E-state index contributed by atoms with van der Waals surface area (Å²) in [6.45, 7) is 2.13. The fourth-order valence-corrected chi connectivity index (χ4v) is 3.17. The van der Waals surface area contributed by atoms with Crippen LogP contribution >= 0.6 is 0 Å². The Morgan fingerprint density at radius 1 is 1.20 bits per heavy atom. The molecule has 2 aromatic rings. The molecule has 3 rings (SSSR count). The fourth-order valence-electron chi connectivity index (χ4n) is 3.17. The summed E-state index contributed by atoms with van der Waals surface area (Å²) in [4.78, 5) is 4.78. The van der Waals surface area contributed by atoms with Gasteiger partial charge in [-0.3, -0.25) is 0 Å². The van der Waals surface area contributed by atoms with Gasteiger partial charge in [0.2, 0.25) is 0 Å². The first kappa shape index (κ1) is 13.0. The quantitative estimate of drug-likeness (QED) is 0.842. The summed E-state index contributed by atoms with van der Waals surface area (Å²) in [5, 5.41) is 0. The smallest absolute Gasteiger partial charge is 0.146 e. The van der Waals surface area contributed by atoms with Crippen LogP contribution in [0.3, 0.4) is 0 Å². The van der Waals surface area contributed by atoms with Gasteiger partial charge in [-0.1, -0.05) is 50.1 Å². The van der Waals surface area contributed by atoms with Gasteiger partial charge in [-0.2, -0.15) is 0 Å². The van der Waals surface area contributed by atoms with Crippen molar-refractivity contribution in [1.82, 2.24) is 9.66 Å². The van der Waals surface area contributed by atoms with Gasteiger partial charge in [0.1, 0.15) is 11.6 Å². The molecule has 1 heterocycles. The van der Waals surface area contributed by atoms with E-state index in [0.29, 0.717) is 11.7 Å². The minimum absolute atomic E-state index is 0.168. The maximum Gasteiger partial charge on any atom is 0.146 e. The van der Waals surface area contributed by atoms with Gasteiger partial charge < -0.3 is 11.6 Å². The van der Waals surface area contributed by atoms with Crippen LogP contribution in [0.5, 0.6) is 0 Å². The summed E-state index contributed by atoms with van der Waals surface area (Å²) >= 11 is 0. The van der Waals surface area contributed by atoms with Crippen molar-refractivity contribution in [3.8, 4) is 0 Å². The van der Waals surface area contributed by atoms with Gasteiger partial charge in [0.15, 0.2) is 0 Å². The van der Waals surface area contributed by atoms with E-state index in [9.17, 15) is 0 Å². The first-order valence-electron chi connectivity index (χ1n) is 7.36. The Kier molecular flexibility index (Phi) is 3.38. The van der Waals surface area contributed by atoms with Crippen molar-refractivity contribution in [2.24, 2.45) is 0 Å². The zero-order chi connectivity index (χ0) is 14.1. The van der Waals surface area contributed by atoms with Gasteiger partial charge in [0.25, 0.3) is 0 Å². The lowest BCUT2D eigenvalue weighted by Crippen LogP contribution is -2.17. The third-order valence-electron chi connectivity index (χ3n) is 4.43. The molecule has 1 aliphatic carbocycles. The molecule has 1 aromatic carbocycles. The van der Waals surface area contributed by atoms with Crippen molar-refractivity contribution in [3.63, 3.8) is 0 Å². The molecule has 1 aliphatic rings. The van der Waals surface area contributed by atoms with Gasteiger partial charge in [0.05, 0.1) is 5.69 Å². The van der Waals surface area contributed by atoms with E-state index in [2.05, 4.69) is 19.1 Å². The average molecular weight is 270 g/mol. The van der Waals surface area contributed by atoms with E-state index in [-0.39, 0.29) is 5.92 Å². The lowest BCUT2D eigenvalue weighted by Gasteiger charge is -2.10. The third kappa shape index (κ3) is 2.15. The van der Waals surface area contributed by atoms with Crippen molar-refractivity contribution in [2.45, 2.75) is 44.4 Å². The Bertz CT molecular complexity index is 582. The normalized spacial score (nSPS) is 17.4. The molecule has 0 amide bonds. The van der Waals surface area contributed by atoms with Crippen LogP contribution < -0.4 is 11.6 Å². The summed E-state index contributed by atoms with van der Waals surface area (Å²) in [7, 11) is 0. The number of benzene rings is 1. The van der Waals surface area contributed by atoms with Gasteiger partial charge in [-0.15, -0.1) is 0 Å². The van der Waals surface area contributed by atoms with Crippen LogP contribution in [0, 0.1) is 0 Å². The van der Waals surface area contributed by atoms with Crippen LogP contribution in [0.4, 0.5) is 5.82 Å². The number of hydrogen-bond donors (Lipinski definition) is 2. The van der Waals surface area contributed by atoms with Crippen LogP contribution in [-0.2, 0) is 0 Å². The zero-order valence-electron chi connectivity index (χ0n) is 11.9. The minimum Gasteiger partial charge on any atom is -0.382 e. The molecule has 20 heavy (non-hydrogen) atoms. The second kappa shape index (κ2) is 5.19. The largest absolute Gasteiger partial charge is 0.382 e. The molecule has 1 saturated carbocycles. The number of nitrogens with zero attached hydrogens (tertiary/aromatic N) is 2. The van der Waals surface area contributed by atoms with Gasteiger partial charge in [-0.25, -0.2) is 9.66 Å². The SMILES string of the molecule is CC(c1ccccc1)c1nc(C2CCCC2)n(N)c1N. The molecule has 0 aliphatic heterocycles. The summed E-state index contributed by atoms with van der Waals surface area (Å²) in [6, 6.07) is 10.3. The van der Waals surface area contributed by atoms with Crippen molar-refractivity contribution in [2.75, 3.05) is 11.6 Å². The highest BCUT2D eigenvalue weighted by molar-refractivity contribution is 5.45. The molecule has 1 atom stereocenters. The van der Waals surface area contributed by atoms with Gasteiger partial charge >= 0.3 is 0 Å². The Labute approximate surface area is 119 Å². The van der Waals surface area contributed by atoms with E-state index in [1.807, 2.05) is 18.2 Å².